The number of allylic oxidation sites excluding steroid dienone is 2. The molecule has 0 saturated heterocycles. The Balaban J connectivity index is 3.34. The summed E-state index contributed by atoms with van der Waals surface area (Å²) in [6.07, 6.45) is 0. The van der Waals surface area contributed by atoms with Crippen LogP contribution >= 0.6 is 0 Å². The van der Waals surface area contributed by atoms with Gasteiger partial charge in [-0.25, -0.2) is 0 Å². The second-order valence-electron chi connectivity index (χ2n) is 3.49. The van der Waals surface area contributed by atoms with Crippen LogP contribution in [0.25, 0.3) is 0 Å². The number of nitriles is 3. The van der Waals surface area contributed by atoms with E-state index in [0.717, 1.165) is 0 Å². The minimum atomic E-state index is -0.654. The first-order chi connectivity index (χ1) is 9.57. The first kappa shape index (κ1) is 14.6. The van der Waals surface area contributed by atoms with E-state index in [1.807, 2.05) is 0 Å². The minimum Gasteiger partial charge on any atom is -0.495 e. The number of benzene rings is 1. The van der Waals surface area contributed by atoms with Crippen molar-refractivity contribution in [2.75, 3.05) is 12.4 Å². The molecule has 0 radical (unpaired) electrons. The van der Waals surface area contributed by atoms with Crippen molar-refractivity contribution in [3.05, 3.63) is 35.0 Å². The number of methoxy groups -OCH3 is 1. The number of carbonyl (C=O) groups is 1. The molecule has 0 atom stereocenters. The molecule has 1 amide bonds. The van der Waals surface area contributed by atoms with Crippen LogP contribution in [0.3, 0.4) is 0 Å². The summed E-state index contributed by atoms with van der Waals surface area (Å²) in [5.74, 6) is -0.322. The van der Waals surface area contributed by atoms with Crippen LogP contribution in [0.2, 0.25) is 0 Å². The Hall–Kier alpha value is -3.50. The fourth-order valence-corrected chi connectivity index (χ4v) is 1.38. The normalized spacial score (nSPS) is 8.50. The van der Waals surface area contributed by atoms with E-state index in [-0.39, 0.29) is 22.5 Å². The van der Waals surface area contributed by atoms with Gasteiger partial charge in [-0.2, -0.15) is 15.8 Å². The molecule has 1 rings (SSSR count). The van der Waals surface area contributed by atoms with Crippen LogP contribution in [-0.2, 0) is 0 Å². The van der Waals surface area contributed by atoms with Crippen LogP contribution in [0.15, 0.2) is 29.5 Å². The largest absolute Gasteiger partial charge is 0.495 e. The van der Waals surface area contributed by atoms with Crippen molar-refractivity contribution in [1.29, 1.82) is 15.8 Å². The molecule has 7 nitrogen and oxygen atoms in total. The topological polar surface area (TPSA) is 136 Å². The highest BCUT2D eigenvalue weighted by Crippen LogP contribution is 2.27. The van der Waals surface area contributed by atoms with Gasteiger partial charge in [-0.15, -0.1) is 0 Å². The Morgan fingerprint density at radius 3 is 2.35 bits per heavy atom. The smallest absolute Gasteiger partial charge is 0.248 e. The Kier molecular flexibility index (Phi) is 4.69. The van der Waals surface area contributed by atoms with Crippen molar-refractivity contribution in [1.82, 2.24) is 0 Å². The first-order valence-electron chi connectivity index (χ1n) is 5.26. The zero-order valence-corrected chi connectivity index (χ0v) is 10.5. The van der Waals surface area contributed by atoms with Gasteiger partial charge in [0.15, 0.2) is 5.57 Å². The molecular weight excluding hydrogens is 258 g/mol. The zero-order chi connectivity index (χ0) is 15.1. The average molecular weight is 267 g/mol. The summed E-state index contributed by atoms with van der Waals surface area (Å²) >= 11 is 0. The number of hydrogen-bond donors (Lipinski definition) is 2. The summed E-state index contributed by atoms with van der Waals surface area (Å²) in [4.78, 5) is 11.1. The molecule has 0 aliphatic carbocycles. The maximum Gasteiger partial charge on any atom is 0.248 e. The molecule has 0 spiro atoms. The quantitative estimate of drug-likeness (QED) is 0.782. The van der Waals surface area contributed by atoms with Crippen LogP contribution < -0.4 is 15.8 Å². The van der Waals surface area contributed by atoms with Gasteiger partial charge in [0, 0.05) is 5.56 Å². The highest BCUT2D eigenvalue weighted by Gasteiger charge is 2.12. The number of amides is 1. The number of nitrogens with zero attached hydrogens (tertiary/aromatic N) is 3. The molecule has 20 heavy (non-hydrogen) atoms. The van der Waals surface area contributed by atoms with E-state index in [1.54, 1.807) is 18.2 Å². The molecule has 0 aromatic heterocycles. The van der Waals surface area contributed by atoms with Crippen molar-refractivity contribution in [2.45, 2.75) is 0 Å². The van der Waals surface area contributed by atoms with E-state index in [9.17, 15) is 4.79 Å². The molecular formula is C13H9N5O2. The van der Waals surface area contributed by atoms with Gasteiger partial charge in [0.1, 0.15) is 29.7 Å². The van der Waals surface area contributed by atoms with Crippen LogP contribution in [-0.4, -0.2) is 13.0 Å². The fraction of sp³-hybridized carbons (Fsp3) is 0.0769. The lowest BCUT2D eigenvalue weighted by atomic mass is 10.1. The Bertz CT molecular complexity index is 685. The third-order valence-corrected chi connectivity index (χ3v) is 2.33. The Morgan fingerprint density at radius 2 is 1.90 bits per heavy atom. The van der Waals surface area contributed by atoms with E-state index in [1.165, 1.54) is 25.3 Å². The molecule has 0 unspecified atom stereocenters. The second kappa shape index (κ2) is 6.44. The van der Waals surface area contributed by atoms with Crippen LogP contribution in [0.5, 0.6) is 5.75 Å². The van der Waals surface area contributed by atoms with E-state index < -0.39 is 5.91 Å². The molecule has 98 valence electrons. The number of primary amides is 1. The number of ether oxygens (including phenoxy) is 1. The lowest BCUT2D eigenvalue weighted by Crippen LogP contribution is -2.12. The standard InChI is InChI=1S/C13H9N5O2/c1-20-12-3-2-8(13(17)19)4-10(12)18-11(7-16)9(5-14)6-15/h2-4,18H,1H3,(H2,17,19). The number of nitrogens with two attached hydrogens (primary N) is 1. The highest BCUT2D eigenvalue weighted by atomic mass is 16.5. The number of rotatable bonds is 4. The van der Waals surface area contributed by atoms with Crippen molar-refractivity contribution in [3.8, 4) is 24.0 Å². The summed E-state index contributed by atoms with van der Waals surface area (Å²) < 4.78 is 5.06. The Morgan fingerprint density at radius 1 is 1.25 bits per heavy atom. The maximum atomic E-state index is 11.1. The summed E-state index contributed by atoms with van der Waals surface area (Å²) in [6.45, 7) is 0. The molecule has 0 fully saturated rings. The third-order valence-electron chi connectivity index (χ3n) is 2.33. The summed E-state index contributed by atoms with van der Waals surface area (Å²) in [6, 6.07) is 9.21. The lowest BCUT2D eigenvalue weighted by molar-refractivity contribution is 0.100. The summed E-state index contributed by atoms with van der Waals surface area (Å²) in [5.41, 5.74) is 4.99. The number of carbonyl (C=O) groups excluding carboxylic acids is 1. The summed E-state index contributed by atoms with van der Waals surface area (Å²) in [5, 5.41) is 29.0. The van der Waals surface area contributed by atoms with Crippen molar-refractivity contribution < 1.29 is 9.53 Å². The Labute approximate surface area is 115 Å². The van der Waals surface area contributed by atoms with Gasteiger partial charge < -0.3 is 15.8 Å². The van der Waals surface area contributed by atoms with Gasteiger partial charge in [-0.1, -0.05) is 0 Å². The van der Waals surface area contributed by atoms with Gasteiger partial charge in [-0.3, -0.25) is 4.79 Å². The molecule has 0 saturated carbocycles. The molecule has 7 heteroatoms. The van der Waals surface area contributed by atoms with Crippen molar-refractivity contribution >= 4 is 11.6 Å². The average Bonchev–Trinajstić information content (AvgIpc) is 2.46. The van der Waals surface area contributed by atoms with Gasteiger partial charge in [0.2, 0.25) is 5.91 Å². The fourth-order valence-electron chi connectivity index (χ4n) is 1.38. The molecule has 1 aromatic rings. The second-order valence-corrected chi connectivity index (χ2v) is 3.49. The van der Waals surface area contributed by atoms with Crippen LogP contribution in [0, 0.1) is 34.0 Å². The van der Waals surface area contributed by atoms with E-state index in [2.05, 4.69) is 5.32 Å². The zero-order valence-electron chi connectivity index (χ0n) is 10.5. The maximum absolute atomic E-state index is 11.1. The molecule has 0 aliphatic rings. The van der Waals surface area contributed by atoms with Crippen LogP contribution in [0.4, 0.5) is 5.69 Å². The molecule has 0 aliphatic heterocycles. The molecule has 0 bridgehead atoms. The molecule has 3 N–H and O–H groups in total. The van der Waals surface area contributed by atoms with E-state index in [0.29, 0.717) is 5.75 Å². The predicted molar refractivity (Wildman–Crippen MR) is 69.0 cm³/mol. The SMILES string of the molecule is COc1ccc(C(N)=O)cc1NC(C#N)=C(C#N)C#N. The van der Waals surface area contributed by atoms with Gasteiger partial charge in [0.05, 0.1) is 12.8 Å². The number of nitrogens with one attached hydrogen (secondary N) is 1. The van der Waals surface area contributed by atoms with Crippen molar-refractivity contribution in [2.24, 2.45) is 5.73 Å². The highest BCUT2D eigenvalue weighted by molar-refractivity contribution is 5.94. The lowest BCUT2D eigenvalue weighted by Gasteiger charge is -2.11. The van der Waals surface area contributed by atoms with Gasteiger partial charge in [0.25, 0.3) is 0 Å². The van der Waals surface area contributed by atoms with Crippen molar-refractivity contribution in [3.63, 3.8) is 0 Å². The van der Waals surface area contributed by atoms with Gasteiger partial charge >= 0.3 is 0 Å². The molecule has 0 heterocycles. The monoisotopic (exact) mass is 267 g/mol. The predicted octanol–water partition coefficient (Wildman–Crippen LogP) is 1.03. The summed E-state index contributed by atoms with van der Waals surface area (Å²) in [7, 11) is 1.40. The molecule has 1 aromatic carbocycles. The first-order valence-corrected chi connectivity index (χ1v) is 5.26. The van der Waals surface area contributed by atoms with Gasteiger partial charge in [-0.05, 0) is 18.2 Å². The third kappa shape index (κ3) is 3.04. The number of anilines is 1. The van der Waals surface area contributed by atoms with Crippen LogP contribution in [0.1, 0.15) is 10.4 Å². The minimum absolute atomic E-state index is 0.195. The number of hydrogen-bond acceptors (Lipinski definition) is 6. The van der Waals surface area contributed by atoms with E-state index in [4.69, 9.17) is 26.3 Å². The van der Waals surface area contributed by atoms with E-state index >= 15 is 0 Å².